The zero-order valence-corrected chi connectivity index (χ0v) is 11.3. The summed E-state index contributed by atoms with van der Waals surface area (Å²) in [5.74, 6) is -0.311. The zero-order valence-electron chi connectivity index (χ0n) is 8.35. The van der Waals surface area contributed by atoms with Crippen molar-refractivity contribution >= 4 is 0 Å². The molecule has 0 amide bonds. The van der Waals surface area contributed by atoms with Crippen LogP contribution in [0.1, 0.15) is 12.8 Å². The van der Waals surface area contributed by atoms with E-state index >= 15 is 0 Å². The van der Waals surface area contributed by atoms with E-state index < -0.39 is 0 Å². The van der Waals surface area contributed by atoms with E-state index in [1.54, 1.807) is 0 Å². The maximum absolute atomic E-state index is 12.2. The van der Waals surface area contributed by atoms with Crippen LogP contribution in [0, 0.1) is 6.92 Å². The van der Waals surface area contributed by atoms with E-state index in [4.69, 9.17) is 4.74 Å². The zero-order chi connectivity index (χ0) is 10.1. The Morgan fingerprint density at radius 2 is 2.00 bits per heavy atom. The molecule has 0 saturated carbocycles. The number of hydrogen-bond donors (Lipinski definition) is 1. The van der Waals surface area contributed by atoms with Gasteiger partial charge in [0.15, 0.2) is 0 Å². The van der Waals surface area contributed by atoms with Crippen LogP contribution in [0.3, 0.4) is 0 Å². The van der Waals surface area contributed by atoms with Crippen molar-refractivity contribution in [2.24, 2.45) is 0 Å². The molecule has 0 bridgehead atoms. The normalized spacial score (nSPS) is 9.00. The first-order valence-electron chi connectivity index (χ1n) is 4.28. The van der Waals surface area contributed by atoms with Gasteiger partial charge in [-0.25, -0.2) is 4.39 Å². The van der Waals surface area contributed by atoms with Gasteiger partial charge in [0.2, 0.25) is 0 Å². The molecule has 1 N–H and O–H groups in total. The van der Waals surface area contributed by atoms with Crippen molar-refractivity contribution in [1.29, 1.82) is 0 Å². The van der Waals surface area contributed by atoms with Crippen molar-refractivity contribution in [3.63, 3.8) is 0 Å². The topological polar surface area (TPSA) is 21.3 Å². The molecule has 82 valence electrons. The summed E-state index contributed by atoms with van der Waals surface area (Å²) in [5, 5.41) is 2.98. The molecule has 0 heterocycles. The van der Waals surface area contributed by atoms with Crippen LogP contribution in [-0.4, -0.2) is 19.8 Å². The van der Waals surface area contributed by atoms with Gasteiger partial charge in [0, 0.05) is 52.8 Å². The Balaban J connectivity index is 0. The summed E-state index contributed by atoms with van der Waals surface area (Å²) in [6.07, 6.45) is 1.06. The molecule has 0 rings (SSSR count). The van der Waals surface area contributed by atoms with E-state index in [1.807, 2.05) is 0 Å². The Labute approximate surface area is 99.9 Å². The monoisotopic (exact) mass is 370 g/mol. The van der Waals surface area contributed by atoms with Gasteiger partial charge in [-0.3, -0.25) is 0 Å². The van der Waals surface area contributed by atoms with Gasteiger partial charge in [0.1, 0.15) is 0 Å². The summed E-state index contributed by atoms with van der Waals surface area (Å²) in [6, 6.07) is 0. The minimum absolute atomic E-state index is 0. The molecule has 0 atom stereocenters. The van der Waals surface area contributed by atoms with Crippen LogP contribution in [-0.2, 0) is 25.8 Å². The van der Waals surface area contributed by atoms with Gasteiger partial charge >= 0.3 is 0 Å². The van der Waals surface area contributed by atoms with Crippen LogP contribution in [0.2, 0.25) is 0 Å². The van der Waals surface area contributed by atoms with Crippen molar-refractivity contribution in [1.82, 2.24) is 5.32 Å². The number of hydrogen-bond acceptors (Lipinski definition) is 2. The van der Waals surface area contributed by atoms with E-state index in [-0.39, 0.29) is 26.9 Å². The molecule has 0 fully saturated rings. The molecular weight excluding hydrogens is 353 g/mol. The van der Waals surface area contributed by atoms with Crippen molar-refractivity contribution in [3.8, 4) is 0 Å². The molecule has 2 nitrogen and oxygen atoms in total. The van der Waals surface area contributed by atoms with Crippen molar-refractivity contribution in [3.05, 3.63) is 31.6 Å². The third kappa shape index (κ3) is 11.9. The molecule has 14 heavy (non-hydrogen) atoms. The smallest absolute Gasteiger partial charge is 0.0945 e. The molecule has 0 aliphatic rings. The summed E-state index contributed by atoms with van der Waals surface area (Å²) in [5.41, 5.74) is 0.856. The summed E-state index contributed by atoms with van der Waals surface area (Å²) in [7, 11) is 0. The molecule has 0 aliphatic heterocycles. The molecule has 0 aliphatic carbocycles. The third-order valence-corrected chi connectivity index (χ3v) is 1.46. The number of ether oxygens (including phenoxy) is 1. The largest absolute Gasteiger partial charge is 0.413 e. The van der Waals surface area contributed by atoms with Gasteiger partial charge < -0.3 is 17.0 Å². The molecule has 0 aromatic carbocycles. The Kier molecular flexibility index (Phi) is 12.7. The molecular formula is C10H17FNOW-. The van der Waals surface area contributed by atoms with E-state index in [2.05, 4.69) is 25.4 Å². The minimum atomic E-state index is -0.311. The predicted molar refractivity (Wildman–Crippen MR) is 52.8 cm³/mol. The second-order valence-corrected chi connectivity index (χ2v) is 2.66. The Hall–Kier alpha value is -0.142. The molecule has 0 spiro atoms. The number of rotatable bonds is 8. The average Bonchev–Trinajstić information content (AvgIpc) is 2.04. The maximum atomic E-state index is 12.2. The Morgan fingerprint density at radius 3 is 2.50 bits per heavy atom. The second kappa shape index (κ2) is 10.9. The summed E-state index contributed by atoms with van der Waals surface area (Å²) < 4.78 is 17.2. The van der Waals surface area contributed by atoms with Gasteiger partial charge in [-0.2, -0.15) is 0 Å². The Bertz CT molecular complexity index is 174. The van der Waals surface area contributed by atoms with E-state index in [9.17, 15) is 4.39 Å². The fourth-order valence-corrected chi connectivity index (χ4v) is 0.761. The van der Waals surface area contributed by atoms with Crippen LogP contribution in [0.5, 0.6) is 0 Å². The SMILES string of the molecule is C=C(F)CCNC(=C)CCOC[CH2-].[W]. The van der Waals surface area contributed by atoms with Crippen LogP contribution in [0.15, 0.2) is 24.7 Å². The fourth-order valence-electron chi connectivity index (χ4n) is 0.761. The summed E-state index contributed by atoms with van der Waals surface area (Å²) in [4.78, 5) is 0. The van der Waals surface area contributed by atoms with Gasteiger partial charge in [-0.15, -0.1) is 0 Å². The molecule has 0 saturated heterocycles. The summed E-state index contributed by atoms with van der Waals surface area (Å²) >= 11 is 0. The summed E-state index contributed by atoms with van der Waals surface area (Å²) in [6.45, 7) is 12.1. The van der Waals surface area contributed by atoms with Crippen LogP contribution in [0.4, 0.5) is 4.39 Å². The second-order valence-electron chi connectivity index (χ2n) is 2.66. The van der Waals surface area contributed by atoms with Crippen LogP contribution < -0.4 is 5.32 Å². The maximum Gasteiger partial charge on any atom is 0.0945 e. The predicted octanol–water partition coefficient (Wildman–Crippen LogP) is 2.20. The van der Waals surface area contributed by atoms with Gasteiger partial charge in [0.25, 0.3) is 0 Å². The van der Waals surface area contributed by atoms with Gasteiger partial charge in [0.05, 0.1) is 5.83 Å². The average molecular weight is 370 g/mol. The first-order valence-corrected chi connectivity index (χ1v) is 4.28. The minimum Gasteiger partial charge on any atom is -0.413 e. The first-order chi connectivity index (χ1) is 6.16. The third-order valence-electron chi connectivity index (χ3n) is 1.46. The first kappa shape index (κ1) is 16.3. The number of nitrogens with one attached hydrogen (secondary N) is 1. The van der Waals surface area contributed by atoms with Gasteiger partial charge in [-0.1, -0.05) is 19.8 Å². The van der Waals surface area contributed by atoms with Crippen molar-refractivity contribution in [2.45, 2.75) is 12.8 Å². The van der Waals surface area contributed by atoms with E-state index in [1.165, 1.54) is 0 Å². The molecule has 4 heteroatoms. The van der Waals surface area contributed by atoms with E-state index in [0.29, 0.717) is 26.2 Å². The molecule has 0 aromatic rings. The van der Waals surface area contributed by atoms with Crippen molar-refractivity contribution < 1.29 is 30.2 Å². The van der Waals surface area contributed by atoms with E-state index in [0.717, 1.165) is 12.1 Å². The number of halogens is 1. The standard InChI is InChI=1S/C10H17FNO.W/c1-4-13-8-6-10(3)12-7-5-9(2)11;/h12H,1-8H2;/q-1;. The fraction of sp³-hybridized carbons (Fsp3) is 0.500. The molecule has 0 unspecified atom stereocenters. The Morgan fingerprint density at radius 1 is 1.36 bits per heavy atom. The van der Waals surface area contributed by atoms with Gasteiger partial charge in [-0.05, 0) is 0 Å². The quantitative estimate of drug-likeness (QED) is 0.523. The molecule has 0 radical (unpaired) electrons. The van der Waals surface area contributed by atoms with Crippen LogP contribution in [0.25, 0.3) is 0 Å². The van der Waals surface area contributed by atoms with Crippen molar-refractivity contribution in [2.75, 3.05) is 19.8 Å². The molecule has 0 aromatic heterocycles. The van der Waals surface area contributed by atoms with Crippen LogP contribution >= 0.6 is 0 Å².